The van der Waals surface area contributed by atoms with E-state index in [-0.39, 0.29) is 5.91 Å². The molecule has 1 aliphatic heterocycles. The summed E-state index contributed by atoms with van der Waals surface area (Å²) in [5.74, 6) is 2.44. The number of thioether (sulfide) groups is 2. The highest BCUT2D eigenvalue weighted by Crippen LogP contribution is 2.45. The molecule has 6 heteroatoms. The summed E-state index contributed by atoms with van der Waals surface area (Å²) < 4.78 is 2.46. The zero-order chi connectivity index (χ0) is 20.4. The first-order valence-electron chi connectivity index (χ1n) is 9.74. The number of carbonyl (C=O) groups excluding carboxylic acids is 1. The predicted molar refractivity (Wildman–Crippen MR) is 123 cm³/mol. The molecule has 1 aliphatic rings. The van der Waals surface area contributed by atoms with Crippen LogP contribution in [0.4, 0.5) is 0 Å². The van der Waals surface area contributed by atoms with Crippen LogP contribution in [0.5, 0.6) is 0 Å². The molecule has 150 valence electrons. The number of hydrogen-bond donors (Lipinski definition) is 0. The van der Waals surface area contributed by atoms with E-state index in [0.717, 1.165) is 28.2 Å². The van der Waals surface area contributed by atoms with Gasteiger partial charge in [0.25, 0.3) is 5.91 Å². The second kappa shape index (κ2) is 8.67. The van der Waals surface area contributed by atoms with Crippen molar-refractivity contribution in [2.24, 2.45) is 0 Å². The summed E-state index contributed by atoms with van der Waals surface area (Å²) in [6, 6.07) is 18.2. The molecule has 0 spiro atoms. The fourth-order valence-corrected chi connectivity index (χ4v) is 6.45. The molecule has 0 radical (unpaired) electrons. The summed E-state index contributed by atoms with van der Waals surface area (Å²) in [6.45, 7) is 4.61. The van der Waals surface area contributed by atoms with E-state index in [2.05, 4.69) is 19.1 Å². The van der Waals surface area contributed by atoms with Crippen LogP contribution in [-0.2, 0) is 6.54 Å². The number of aryl methyl sites for hydroxylation is 1. The van der Waals surface area contributed by atoms with Gasteiger partial charge >= 0.3 is 0 Å². The Kier molecular flexibility index (Phi) is 6.01. The Hall–Kier alpha value is -2.18. The van der Waals surface area contributed by atoms with Gasteiger partial charge < -0.3 is 4.90 Å². The first kappa shape index (κ1) is 20.1. The Balaban J connectivity index is 1.50. The Morgan fingerprint density at radius 1 is 1.07 bits per heavy atom. The molecule has 1 amide bonds. The van der Waals surface area contributed by atoms with Crippen molar-refractivity contribution >= 4 is 29.4 Å². The second-order valence-corrected chi connectivity index (χ2v) is 9.98. The van der Waals surface area contributed by atoms with Crippen LogP contribution in [-0.4, -0.2) is 39.1 Å². The molecule has 0 atom stereocenters. The van der Waals surface area contributed by atoms with Crippen molar-refractivity contribution in [2.45, 2.75) is 25.0 Å². The Bertz CT molecular complexity index is 993. The molecule has 0 unspecified atom stereocenters. The maximum Gasteiger partial charge on any atom is 0.253 e. The Morgan fingerprint density at radius 2 is 1.72 bits per heavy atom. The molecule has 1 saturated heterocycles. The topological polar surface area (TPSA) is 38.1 Å². The molecule has 29 heavy (non-hydrogen) atoms. The molecular weight excluding hydrogens is 398 g/mol. The van der Waals surface area contributed by atoms with Gasteiger partial charge in [-0.05, 0) is 43.7 Å². The highest BCUT2D eigenvalue weighted by Gasteiger charge is 2.20. The summed E-state index contributed by atoms with van der Waals surface area (Å²) in [5.41, 5.74) is 6.18. The van der Waals surface area contributed by atoms with Crippen LogP contribution in [0.3, 0.4) is 0 Å². The summed E-state index contributed by atoms with van der Waals surface area (Å²) in [4.78, 5) is 14.7. The van der Waals surface area contributed by atoms with E-state index in [1.807, 2.05) is 84.6 Å². The number of hydrogen-bond acceptors (Lipinski definition) is 4. The number of carbonyl (C=O) groups is 1. The number of benzene rings is 2. The lowest BCUT2D eigenvalue weighted by Crippen LogP contribution is -2.26. The zero-order valence-electron chi connectivity index (χ0n) is 17.0. The maximum absolute atomic E-state index is 13.0. The lowest BCUT2D eigenvalue weighted by atomic mass is 10.1. The van der Waals surface area contributed by atoms with Crippen LogP contribution in [0, 0.1) is 13.8 Å². The third-order valence-corrected chi connectivity index (χ3v) is 8.34. The van der Waals surface area contributed by atoms with Crippen LogP contribution >= 0.6 is 23.5 Å². The van der Waals surface area contributed by atoms with E-state index in [1.165, 1.54) is 17.1 Å². The predicted octanol–water partition coefficient (Wildman–Crippen LogP) is 5.24. The minimum atomic E-state index is 0.0366. The SMILES string of the molecule is Cc1nn(-c2ccccc2)c(C)c1CN(C)C(=O)c1ccc(C2SCCS2)cc1. The number of amides is 1. The van der Waals surface area contributed by atoms with Crippen molar-refractivity contribution < 1.29 is 4.79 Å². The van der Waals surface area contributed by atoms with Gasteiger partial charge in [0, 0.05) is 41.9 Å². The quantitative estimate of drug-likeness (QED) is 0.562. The van der Waals surface area contributed by atoms with Crippen molar-refractivity contribution in [1.82, 2.24) is 14.7 Å². The molecule has 0 N–H and O–H groups in total. The first-order chi connectivity index (χ1) is 14.0. The van der Waals surface area contributed by atoms with Crippen molar-refractivity contribution in [3.8, 4) is 5.69 Å². The van der Waals surface area contributed by atoms with Crippen molar-refractivity contribution in [2.75, 3.05) is 18.6 Å². The minimum Gasteiger partial charge on any atom is -0.337 e. The minimum absolute atomic E-state index is 0.0366. The molecule has 2 heterocycles. The molecule has 0 saturated carbocycles. The molecular formula is C23H25N3OS2. The van der Waals surface area contributed by atoms with E-state index >= 15 is 0 Å². The molecule has 1 aromatic heterocycles. The van der Waals surface area contributed by atoms with Crippen LogP contribution in [0.15, 0.2) is 54.6 Å². The van der Waals surface area contributed by atoms with Crippen molar-refractivity contribution in [3.63, 3.8) is 0 Å². The van der Waals surface area contributed by atoms with E-state index < -0.39 is 0 Å². The van der Waals surface area contributed by atoms with E-state index in [4.69, 9.17) is 5.10 Å². The monoisotopic (exact) mass is 423 g/mol. The van der Waals surface area contributed by atoms with Crippen LogP contribution in [0.1, 0.15) is 37.5 Å². The van der Waals surface area contributed by atoms with Crippen LogP contribution < -0.4 is 0 Å². The molecule has 0 aliphatic carbocycles. The number of aromatic nitrogens is 2. The Morgan fingerprint density at radius 3 is 2.38 bits per heavy atom. The van der Waals surface area contributed by atoms with Gasteiger partial charge in [-0.15, -0.1) is 23.5 Å². The Labute approximate surface area is 180 Å². The lowest BCUT2D eigenvalue weighted by Gasteiger charge is -2.18. The molecule has 2 aromatic carbocycles. The normalized spacial score (nSPS) is 14.3. The standard InChI is InChI=1S/C23H25N3OS2/c1-16-21(17(2)26(24-16)20-7-5-4-6-8-20)15-25(3)22(27)18-9-11-19(12-10-18)23-28-13-14-29-23/h4-12,23H,13-15H2,1-3H3. The van der Waals surface area contributed by atoms with Crippen LogP contribution in [0.2, 0.25) is 0 Å². The molecule has 4 rings (SSSR count). The maximum atomic E-state index is 13.0. The second-order valence-electron chi connectivity index (χ2n) is 7.25. The molecule has 4 nitrogen and oxygen atoms in total. The van der Waals surface area contributed by atoms with Crippen LogP contribution in [0.25, 0.3) is 5.69 Å². The summed E-state index contributed by atoms with van der Waals surface area (Å²) in [5, 5.41) is 4.70. The van der Waals surface area contributed by atoms with E-state index in [0.29, 0.717) is 11.1 Å². The number of rotatable bonds is 5. The number of nitrogens with zero attached hydrogens (tertiary/aromatic N) is 3. The highest BCUT2D eigenvalue weighted by molar-refractivity contribution is 8.19. The average Bonchev–Trinajstić information content (AvgIpc) is 3.38. The molecule has 3 aromatic rings. The van der Waals surface area contributed by atoms with E-state index in [1.54, 1.807) is 4.90 Å². The van der Waals surface area contributed by atoms with E-state index in [9.17, 15) is 4.79 Å². The summed E-state index contributed by atoms with van der Waals surface area (Å²) in [6.07, 6.45) is 0. The smallest absolute Gasteiger partial charge is 0.253 e. The lowest BCUT2D eigenvalue weighted by molar-refractivity contribution is 0.0784. The highest BCUT2D eigenvalue weighted by atomic mass is 32.2. The largest absolute Gasteiger partial charge is 0.337 e. The summed E-state index contributed by atoms with van der Waals surface area (Å²) in [7, 11) is 1.86. The van der Waals surface area contributed by atoms with Gasteiger partial charge in [-0.25, -0.2) is 4.68 Å². The number of para-hydroxylation sites is 1. The van der Waals surface area contributed by atoms with Gasteiger partial charge in [0.15, 0.2) is 0 Å². The molecule has 0 bridgehead atoms. The zero-order valence-corrected chi connectivity index (χ0v) is 18.6. The molecule has 1 fully saturated rings. The van der Waals surface area contributed by atoms with Gasteiger partial charge in [0.05, 0.1) is 16.0 Å². The average molecular weight is 424 g/mol. The summed E-state index contributed by atoms with van der Waals surface area (Å²) >= 11 is 3.96. The van der Waals surface area contributed by atoms with Gasteiger partial charge in [0.2, 0.25) is 0 Å². The van der Waals surface area contributed by atoms with Gasteiger partial charge in [-0.2, -0.15) is 5.10 Å². The van der Waals surface area contributed by atoms with Crippen molar-refractivity contribution in [1.29, 1.82) is 0 Å². The third kappa shape index (κ3) is 4.23. The third-order valence-electron chi connectivity index (χ3n) is 5.24. The van der Waals surface area contributed by atoms with Gasteiger partial charge in [-0.3, -0.25) is 4.79 Å². The van der Waals surface area contributed by atoms with Gasteiger partial charge in [-0.1, -0.05) is 30.3 Å². The van der Waals surface area contributed by atoms with Gasteiger partial charge in [0.1, 0.15) is 0 Å². The fraction of sp³-hybridized carbons (Fsp3) is 0.304. The van der Waals surface area contributed by atoms with Crippen molar-refractivity contribution in [3.05, 3.63) is 82.7 Å². The first-order valence-corrected chi connectivity index (χ1v) is 11.8. The fourth-order valence-electron chi connectivity index (χ4n) is 3.59.